The molecule has 2 heterocycles. The molecule has 1 N–H and O–H groups in total. The number of hydrogen-bond acceptors (Lipinski definition) is 5. The molecule has 0 radical (unpaired) electrons. The Morgan fingerprint density at radius 1 is 1.29 bits per heavy atom. The lowest BCUT2D eigenvalue weighted by Crippen LogP contribution is -2.41. The third-order valence-corrected chi connectivity index (χ3v) is 5.66. The van der Waals surface area contributed by atoms with Gasteiger partial charge >= 0.3 is 6.09 Å². The molecule has 154 valence electrons. The number of nitrogens with one attached hydrogen (secondary N) is 1. The normalized spacial score (nSPS) is 20.9. The lowest BCUT2D eigenvalue weighted by Gasteiger charge is -2.33. The second-order valence-electron chi connectivity index (χ2n) is 7.69. The van der Waals surface area contributed by atoms with Crippen molar-refractivity contribution in [3.05, 3.63) is 29.6 Å². The van der Waals surface area contributed by atoms with Gasteiger partial charge in [-0.3, -0.25) is 0 Å². The first-order chi connectivity index (χ1) is 13.6. The highest BCUT2D eigenvalue weighted by Crippen LogP contribution is 2.24. The molecule has 3 rings (SSSR count). The molecule has 2 fully saturated rings. The third kappa shape index (κ3) is 5.44. The van der Waals surface area contributed by atoms with Crippen molar-refractivity contribution < 1.29 is 18.7 Å². The van der Waals surface area contributed by atoms with Gasteiger partial charge in [0.05, 0.1) is 6.61 Å². The highest BCUT2D eigenvalue weighted by atomic mass is 19.1. The van der Waals surface area contributed by atoms with E-state index in [1.807, 2.05) is 6.92 Å². The molecule has 7 heteroatoms. The minimum Gasteiger partial charge on any atom is -0.450 e. The number of rotatable bonds is 7. The van der Waals surface area contributed by atoms with Gasteiger partial charge in [-0.1, -0.05) is 6.07 Å². The van der Waals surface area contributed by atoms with Crippen molar-refractivity contribution in [2.45, 2.75) is 38.6 Å². The summed E-state index contributed by atoms with van der Waals surface area (Å²) in [5.41, 5.74) is 1.56. The van der Waals surface area contributed by atoms with Crippen LogP contribution < -0.4 is 5.32 Å². The maximum atomic E-state index is 13.6. The Balaban J connectivity index is 1.46. The molecule has 1 atom stereocenters. The van der Waals surface area contributed by atoms with Crippen molar-refractivity contribution in [3.63, 3.8) is 0 Å². The van der Waals surface area contributed by atoms with Crippen LogP contribution in [0.15, 0.2) is 18.2 Å². The molecule has 0 unspecified atom stereocenters. The maximum Gasteiger partial charge on any atom is 0.409 e. The molecule has 2 aliphatic rings. The number of piperidine rings is 1. The Labute approximate surface area is 166 Å². The molecular formula is C21H30FN3O3. The zero-order valence-corrected chi connectivity index (χ0v) is 16.5. The predicted molar refractivity (Wildman–Crippen MR) is 106 cm³/mol. The average molecular weight is 391 g/mol. The zero-order chi connectivity index (χ0) is 19.9. The topological polar surface area (TPSA) is 61.9 Å². The van der Waals surface area contributed by atoms with Crippen LogP contribution in [0.5, 0.6) is 0 Å². The smallest absolute Gasteiger partial charge is 0.409 e. The second-order valence-corrected chi connectivity index (χ2v) is 7.69. The molecule has 1 amide bonds. The first-order valence-electron chi connectivity index (χ1n) is 10.2. The van der Waals surface area contributed by atoms with Crippen LogP contribution >= 0.6 is 0 Å². The molecule has 28 heavy (non-hydrogen) atoms. The number of halogens is 1. The molecule has 1 aromatic carbocycles. The van der Waals surface area contributed by atoms with Gasteiger partial charge in [-0.05, 0) is 49.8 Å². The van der Waals surface area contributed by atoms with Crippen LogP contribution in [0.1, 0.15) is 31.7 Å². The summed E-state index contributed by atoms with van der Waals surface area (Å²) in [6.07, 6.45) is 3.94. The fourth-order valence-electron chi connectivity index (χ4n) is 4.17. The lowest BCUT2D eigenvalue weighted by atomic mass is 9.96. The average Bonchev–Trinajstić information content (AvgIpc) is 3.11. The SMILES string of the molecule is CCOC(=O)N1CCC(CN2CC[C@H](Nc3cc(F)ccc3CC=O)C2)CC1. The minimum atomic E-state index is -0.291. The van der Waals surface area contributed by atoms with Gasteiger partial charge in [0.2, 0.25) is 0 Å². The fourth-order valence-corrected chi connectivity index (χ4v) is 4.17. The monoisotopic (exact) mass is 391 g/mol. The van der Waals surface area contributed by atoms with Crippen molar-refractivity contribution in [1.82, 2.24) is 9.80 Å². The molecule has 6 nitrogen and oxygen atoms in total. The number of aldehydes is 1. The Bertz CT molecular complexity index is 677. The molecule has 1 aromatic rings. The van der Waals surface area contributed by atoms with Gasteiger partial charge in [-0.25, -0.2) is 9.18 Å². The minimum absolute atomic E-state index is 0.201. The molecule has 0 aliphatic carbocycles. The number of hydrogen-bond donors (Lipinski definition) is 1. The highest BCUT2D eigenvalue weighted by Gasteiger charge is 2.28. The number of ether oxygens (including phenoxy) is 1. The van der Waals surface area contributed by atoms with E-state index >= 15 is 0 Å². The van der Waals surface area contributed by atoms with Crippen molar-refractivity contribution in [1.29, 1.82) is 0 Å². The number of carbonyl (C=O) groups excluding carboxylic acids is 2. The zero-order valence-electron chi connectivity index (χ0n) is 16.5. The molecule has 0 spiro atoms. The van der Waals surface area contributed by atoms with Crippen molar-refractivity contribution in [3.8, 4) is 0 Å². The molecule has 0 bridgehead atoms. The summed E-state index contributed by atoms with van der Waals surface area (Å²) in [7, 11) is 0. The van der Waals surface area contributed by atoms with Crippen LogP contribution in [0.4, 0.5) is 14.9 Å². The van der Waals surface area contributed by atoms with Gasteiger partial charge in [0, 0.05) is 50.9 Å². The largest absolute Gasteiger partial charge is 0.450 e. The lowest BCUT2D eigenvalue weighted by molar-refractivity contribution is -0.107. The van der Waals surface area contributed by atoms with Gasteiger partial charge in [-0.2, -0.15) is 0 Å². The summed E-state index contributed by atoms with van der Waals surface area (Å²) in [4.78, 5) is 26.9. The molecule has 0 saturated carbocycles. The molecular weight excluding hydrogens is 361 g/mol. The quantitative estimate of drug-likeness (QED) is 0.724. The summed E-state index contributed by atoms with van der Waals surface area (Å²) in [6, 6.07) is 4.81. The Kier molecular flexibility index (Phi) is 7.25. The van der Waals surface area contributed by atoms with E-state index < -0.39 is 0 Å². The van der Waals surface area contributed by atoms with Crippen molar-refractivity contribution >= 4 is 18.1 Å². The summed E-state index contributed by atoms with van der Waals surface area (Å²) in [6.45, 7) is 6.71. The summed E-state index contributed by atoms with van der Waals surface area (Å²) in [5.74, 6) is 0.296. The van der Waals surface area contributed by atoms with E-state index in [1.54, 1.807) is 11.0 Å². The van der Waals surface area contributed by atoms with Gasteiger partial charge in [-0.15, -0.1) is 0 Å². The summed E-state index contributed by atoms with van der Waals surface area (Å²) in [5, 5.41) is 3.43. The standard InChI is InChI=1S/C21H30FN3O3/c1-2-28-21(27)25-10-5-16(6-11-25)14-24-9-7-19(15-24)23-20-13-18(22)4-3-17(20)8-12-26/h3-4,12-13,16,19,23H,2,5-11,14-15H2,1H3/t19-/m0/s1. The van der Waals surface area contributed by atoms with Gasteiger partial charge < -0.3 is 24.6 Å². The number of nitrogens with zero attached hydrogens (tertiary/aromatic N) is 2. The van der Waals surface area contributed by atoms with Crippen LogP contribution in [-0.4, -0.2) is 67.6 Å². The molecule has 0 aromatic heterocycles. The van der Waals surface area contributed by atoms with Crippen LogP contribution in [0.3, 0.4) is 0 Å². The number of benzene rings is 1. The first kappa shape index (κ1) is 20.6. The molecule has 2 saturated heterocycles. The van der Waals surface area contributed by atoms with Gasteiger partial charge in [0.25, 0.3) is 0 Å². The van der Waals surface area contributed by atoms with Gasteiger partial charge in [0.1, 0.15) is 12.1 Å². The first-order valence-corrected chi connectivity index (χ1v) is 10.2. The van der Waals surface area contributed by atoms with Crippen LogP contribution in [0, 0.1) is 11.7 Å². The van der Waals surface area contributed by atoms with E-state index in [4.69, 9.17) is 4.74 Å². The van der Waals surface area contributed by atoms with Gasteiger partial charge in [0.15, 0.2) is 0 Å². The Hall–Kier alpha value is -2.15. The van der Waals surface area contributed by atoms with E-state index in [-0.39, 0.29) is 24.4 Å². The Morgan fingerprint density at radius 2 is 2.07 bits per heavy atom. The van der Waals surface area contributed by atoms with E-state index in [2.05, 4.69) is 10.2 Å². The third-order valence-electron chi connectivity index (χ3n) is 5.66. The second kappa shape index (κ2) is 9.87. The Morgan fingerprint density at radius 3 is 2.79 bits per heavy atom. The van der Waals surface area contributed by atoms with E-state index in [1.165, 1.54) is 12.1 Å². The van der Waals surface area contributed by atoms with Crippen LogP contribution in [0.25, 0.3) is 0 Å². The summed E-state index contributed by atoms with van der Waals surface area (Å²) < 4.78 is 18.7. The molecule has 2 aliphatic heterocycles. The van der Waals surface area contributed by atoms with Crippen molar-refractivity contribution in [2.75, 3.05) is 44.6 Å². The van der Waals surface area contributed by atoms with Crippen LogP contribution in [-0.2, 0) is 16.0 Å². The number of anilines is 1. The predicted octanol–water partition coefficient (Wildman–Crippen LogP) is 2.92. The fraction of sp³-hybridized carbons (Fsp3) is 0.619. The van der Waals surface area contributed by atoms with E-state index in [9.17, 15) is 14.0 Å². The number of carbonyl (C=O) groups is 2. The highest BCUT2D eigenvalue weighted by molar-refractivity contribution is 5.67. The summed E-state index contributed by atoms with van der Waals surface area (Å²) >= 11 is 0. The number of amides is 1. The van der Waals surface area contributed by atoms with Crippen molar-refractivity contribution in [2.24, 2.45) is 5.92 Å². The van der Waals surface area contributed by atoms with E-state index in [0.29, 0.717) is 12.5 Å². The maximum absolute atomic E-state index is 13.6. The van der Waals surface area contributed by atoms with E-state index in [0.717, 1.165) is 69.5 Å². The van der Waals surface area contributed by atoms with Crippen LogP contribution in [0.2, 0.25) is 0 Å². The number of likely N-dealkylation sites (tertiary alicyclic amines) is 2.